The average molecular weight is 548 g/mol. The first kappa shape index (κ1) is 27.3. The molecule has 0 aromatic heterocycles. The van der Waals surface area contributed by atoms with E-state index in [1.807, 2.05) is 24.8 Å². The maximum atomic E-state index is 13.0. The summed E-state index contributed by atoms with van der Waals surface area (Å²) < 4.78 is 72.5. The number of sulfonamides is 1. The van der Waals surface area contributed by atoms with Crippen LogP contribution in [-0.4, -0.2) is 52.0 Å². The second-order valence-electron chi connectivity index (χ2n) is 9.08. The van der Waals surface area contributed by atoms with Gasteiger partial charge in [0.25, 0.3) is 15.9 Å². The quantitative estimate of drug-likeness (QED) is 0.458. The number of anilines is 2. The van der Waals surface area contributed by atoms with Crippen LogP contribution in [0.5, 0.6) is 5.75 Å². The summed E-state index contributed by atoms with van der Waals surface area (Å²) in [5, 5.41) is 0. The highest BCUT2D eigenvalue weighted by atomic mass is 32.2. The Morgan fingerprint density at radius 2 is 1.61 bits per heavy atom. The van der Waals surface area contributed by atoms with Crippen molar-refractivity contribution in [2.24, 2.45) is 0 Å². The van der Waals surface area contributed by atoms with E-state index in [1.54, 1.807) is 23.1 Å². The molecule has 1 aliphatic heterocycles. The smallest absolute Gasteiger partial charge is 0.416 e. The fourth-order valence-corrected chi connectivity index (χ4v) is 5.11. The average Bonchev–Trinajstić information content (AvgIpc) is 2.89. The maximum Gasteiger partial charge on any atom is 0.416 e. The number of hydrogen-bond donors (Lipinski definition) is 1. The molecule has 1 heterocycles. The molecule has 1 N–H and O–H groups in total. The van der Waals surface area contributed by atoms with E-state index >= 15 is 0 Å². The van der Waals surface area contributed by atoms with Gasteiger partial charge in [-0.15, -0.1) is 0 Å². The van der Waals surface area contributed by atoms with Crippen LogP contribution < -0.4 is 14.4 Å². The number of ether oxygens (including phenoxy) is 1. The number of carbonyl (C=O) groups is 1. The molecular formula is C27H28F3N3O4S. The molecule has 3 aromatic rings. The van der Waals surface area contributed by atoms with Crippen LogP contribution in [0.1, 0.15) is 16.7 Å². The van der Waals surface area contributed by atoms with Gasteiger partial charge in [0.05, 0.1) is 10.5 Å². The highest BCUT2D eigenvalue weighted by molar-refractivity contribution is 7.92. The molecule has 0 aliphatic carbocycles. The van der Waals surface area contributed by atoms with Crippen molar-refractivity contribution in [1.29, 1.82) is 0 Å². The molecule has 0 unspecified atom stereocenters. The van der Waals surface area contributed by atoms with E-state index in [0.29, 0.717) is 43.3 Å². The number of benzene rings is 3. The highest BCUT2D eigenvalue weighted by Gasteiger charge is 2.31. The standard InChI is InChI=1S/C27H28F3N3O4S/c1-19-6-7-22(16-20(19)2)31-38(35,36)25-10-8-24(9-11-25)37-18-26(34)33-14-12-32(13-15-33)23-5-3-4-21(17-23)27(28,29)30/h3-11,16-17,31H,12-15,18H2,1-2H3. The van der Waals surface area contributed by atoms with Gasteiger partial charge >= 0.3 is 6.18 Å². The minimum Gasteiger partial charge on any atom is -0.484 e. The third-order valence-corrected chi connectivity index (χ3v) is 7.82. The van der Waals surface area contributed by atoms with Crippen molar-refractivity contribution in [2.75, 3.05) is 42.4 Å². The summed E-state index contributed by atoms with van der Waals surface area (Å²) in [6.45, 7) is 5.09. The molecule has 7 nitrogen and oxygen atoms in total. The van der Waals surface area contributed by atoms with E-state index in [2.05, 4.69) is 4.72 Å². The van der Waals surface area contributed by atoms with Gasteiger partial charge in [0.1, 0.15) is 5.75 Å². The molecule has 202 valence electrons. The molecule has 1 amide bonds. The molecule has 1 saturated heterocycles. The Morgan fingerprint density at radius 3 is 2.24 bits per heavy atom. The molecule has 1 fully saturated rings. The summed E-state index contributed by atoms with van der Waals surface area (Å²) in [7, 11) is -3.80. The molecule has 0 saturated carbocycles. The SMILES string of the molecule is Cc1ccc(NS(=O)(=O)c2ccc(OCC(=O)N3CCN(c4cccc(C(F)(F)F)c4)CC3)cc2)cc1C. The Labute approximate surface area is 219 Å². The Balaban J connectivity index is 1.28. The zero-order valence-corrected chi connectivity index (χ0v) is 21.8. The number of amides is 1. The molecule has 38 heavy (non-hydrogen) atoms. The lowest BCUT2D eigenvalue weighted by atomic mass is 10.1. The van der Waals surface area contributed by atoms with Crippen molar-refractivity contribution in [3.8, 4) is 5.75 Å². The number of nitrogens with zero attached hydrogens (tertiary/aromatic N) is 2. The van der Waals surface area contributed by atoms with Crippen LogP contribution in [0.2, 0.25) is 0 Å². The summed E-state index contributed by atoms with van der Waals surface area (Å²) in [5.74, 6) is 0.0767. The topological polar surface area (TPSA) is 78.9 Å². The third kappa shape index (κ3) is 6.58. The predicted molar refractivity (Wildman–Crippen MR) is 139 cm³/mol. The van der Waals surface area contributed by atoms with Crippen molar-refractivity contribution in [1.82, 2.24) is 4.90 Å². The zero-order valence-electron chi connectivity index (χ0n) is 21.0. The van der Waals surface area contributed by atoms with Crippen molar-refractivity contribution in [3.63, 3.8) is 0 Å². The van der Waals surface area contributed by atoms with Gasteiger partial charge in [-0.05, 0) is 79.6 Å². The number of rotatable bonds is 7. The minimum atomic E-state index is -4.41. The lowest BCUT2D eigenvalue weighted by Gasteiger charge is -2.36. The van der Waals surface area contributed by atoms with E-state index in [-0.39, 0.29) is 17.4 Å². The van der Waals surface area contributed by atoms with Gasteiger partial charge < -0.3 is 14.5 Å². The fourth-order valence-electron chi connectivity index (χ4n) is 4.06. The molecule has 11 heteroatoms. The zero-order chi connectivity index (χ0) is 27.5. The van der Waals surface area contributed by atoms with Crippen LogP contribution in [0.25, 0.3) is 0 Å². The van der Waals surface area contributed by atoms with E-state index in [1.165, 1.54) is 30.3 Å². The number of halogens is 3. The maximum absolute atomic E-state index is 13.0. The van der Waals surface area contributed by atoms with Crippen LogP contribution in [0.3, 0.4) is 0 Å². The molecule has 0 atom stereocenters. The van der Waals surface area contributed by atoms with Crippen LogP contribution in [0, 0.1) is 13.8 Å². The first-order valence-electron chi connectivity index (χ1n) is 12.0. The number of alkyl halides is 3. The van der Waals surface area contributed by atoms with E-state index < -0.39 is 21.8 Å². The summed E-state index contributed by atoms with van der Waals surface area (Å²) in [5.41, 5.74) is 2.25. The van der Waals surface area contributed by atoms with Crippen molar-refractivity contribution < 1.29 is 31.1 Å². The first-order valence-corrected chi connectivity index (χ1v) is 13.4. The Morgan fingerprint density at radius 1 is 0.921 bits per heavy atom. The van der Waals surface area contributed by atoms with Gasteiger partial charge in [0.2, 0.25) is 0 Å². The molecule has 0 bridgehead atoms. The molecule has 0 spiro atoms. The molecule has 3 aromatic carbocycles. The van der Waals surface area contributed by atoms with Gasteiger partial charge in [-0.2, -0.15) is 13.2 Å². The van der Waals surface area contributed by atoms with Crippen LogP contribution in [0.4, 0.5) is 24.5 Å². The summed E-state index contributed by atoms with van der Waals surface area (Å²) >= 11 is 0. The Hall–Kier alpha value is -3.73. The minimum absolute atomic E-state index is 0.0557. The Kier molecular flexibility index (Phi) is 7.86. The van der Waals surface area contributed by atoms with Gasteiger partial charge in [-0.3, -0.25) is 9.52 Å². The lowest BCUT2D eigenvalue weighted by Crippen LogP contribution is -2.50. The van der Waals surface area contributed by atoms with Crippen molar-refractivity contribution in [3.05, 3.63) is 83.4 Å². The molecular weight excluding hydrogens is 519 g/mol. The van der Waals surface area contributed by atoms with Gasteiger partial charge in [0, 0.05) is 37.6 Å². The summed E-state index contributed by atoms with van der Waals surface area (Å²) in [6, 6.07) is 16.2. The number of piperazine rings is 1. The summed E-state index contributed by atoms with van der Waals surface area (Å²) in [4.78, 5) is 16.1. The normalized spacial score (nSPS) is 14.3. The highest BCUT2D eigenvalue weighted by Crippen LogP contribution is 2.32. The number of aryl methyl sites for hydroxylation is 2. The van der Waals surface area contributed by atoms with E-state index in [4.69, 9.17) is 4.74 Å². The monoisotopic (exact) mass is 547 g/mol. The first-order chi connectivity index (χ1) is 17.9. The lowest BCUT2D eigenvalue weighted by molar-refractivity contribution is -0.137. The number of hydrogen-bond acceptors (Lipinski definition) is 5. The predicted octanol–water partition coefficient (Wildman–Crippen LogP) is 4.85. The molecule has 0 radical (unpaired) electrons. The fraction of sp³-hybridized carbons (Fsp3) is 0.296. The van der Waals surface area contributed by atoms with Gasteiger partial charge in [0.15, 0.2) is 6.61 Å². The second-order valence-corrected chi connectivity index (χ2v) is 10.8. The Bertz CT molecular complexity index is 1400. The molecule has 4 rings (SSSR count). The van der Waals surface area contributed by atoms with Crippen LogP contribution in [-0.2, 0) is 21.0 Å². The van der Waals surface area contributed by atoms with Gasteiger partial charge in [-0.25, -0.2) is 8.42 Å². The van der Waals surface area contributed by atoms with Crippen LogP contribution in [0.15, 0.2) is 71.6 Å². The van der Waals surface area contributed by atoms with E-state index in [9.17, 15) is 26.4 Å². The molecule has 1 aliphatic rings. The van der Waals surface area contributed by atoms with Crippen LogP contribution >= 0.6 is 0 Å². The summed E-state index contributed by atoms with van der Waals surface area (Å²) in [6.07, 6.45) is -4.41. The second kappa shape index (κ2) is 10.9. The van der Waals surface area contributed by atoms with E-state index in [0.717, 1.165) is 23.3 Å². The third-order valence-electron chi connectivity index (χ3n) is 6.43. The van der Waals surface area contributed by atoms with Gasteiger partial charge in [-0.1, -0.05) is 12.1 Å². The number of nitrogens with one attached hydrogen (secondary N) is 1. The largest absolute Gasteiger partial charge is 0.484 e. The van der Waals surface area contributed by atoms with Crippen molar-refractivity contribution >= 4 is 27.3 Å². The number of carbonyl (C=O) groups excluding carboxylic acids is 1. The van der Waals surface area contributed by atoms with Crippen molar-refractivity contribution in [2.45, 2.75) is 24.9 Å².